The average Bonchev–Trinajstić information content (AvgIpc) is 3.24. The summed E-state index contributed by atoms with van der Waals surface area (Å²) in [6.07, 6.45) is 2.53. The van der Waals surface area contributed by atoms with Crippen molar-refractivity contribution in [1.82, 2.24) is 14.8 Å². The Morgan fingerprint density at radius 1 is 0.938 bits per heavy atom. The van der Waals surface area contributed by atoms with Crippen LogP contribution < -0.4 is 5.73 Å². The topological polar surface area (TPSA) is 106 Å². The molecule has 0 bridgehead atoms. The molecular weight excluding hydrogens is 402 g/mol. The number of hydrogen-bond donors (Lipinski definition) is 2. The zero-order valence-electron chi connectivity index (χ0n) is 17.8. The van der Waals surface area contributed by atoms with E-state index in [0.717, 1.165) is 41.3 Å². The number of nitrogens with zero attached hydrogens (tertiary/aromatic N) is 3. The Balaban J connectivity index is 1.25. The summed E-state index contributed by atoms with van der Waals surface area (Å²) in [4.78, 5) is 32.2. The number of nitriles is 1. The standard InChI is InChI=1S/C25H25N5O2/c26-16-21-15-20-14-19(6-7-22(20)28-21)17-2-4-18(5-3-17)23(31)29-10-12-30(13-11-29)24(32)25(27)8-1-9-25/h2-7,14-15,28H,1,8-13,27H2. The third-order valence-electron chi connectivity index (χ3n) is 6.73. The molecule has 1 aliphatic heterocycles. The number of nitrogens with one attached hydrogen (secondary N) is 1. The Hall–Kier alpha value is -3.63. The smallest absolute Gasteiger partial charge is 0.253 e. The Labute approximate surface area is 186 Å². The van der Waals surface area contributed by atoms with E-state index in [1.165, 1.54) is 0 Å². The number of piperazine rings is 1. The third kappa shape index (κ3) is 3.53. The van der Waals surface area contributed by atoms with Crippen LogP contribution in [-0.4, -0.2) is 58.3 Å². The van der Waals surface area contributed by atoms with E-state index in [2.05, 4.69) is 11.1 Å². The molecule has 1 saturated heterocycles. The number of carbonyl (C=O) groups excluding carboxylic acids is 2. The quantitative estimate of drug-likeness (QED) is 0.670. The van der Waals surface area contributed by atoms with E-state index in [1.807, 2.05) is 48.5 Å². The van der Waals surface area contributed by atoms with Gasteiger partial charge in [-0.15, -0.1) is 0 Å². The number of aromatic amines is 1. The number of benzene rings is 2. The first-order valence-electron chi connectivity index (χ1n) is 11.0. The van der Waals surface area contributed by atoms with Gasteiger partial charge < -0.3 is 20.5 Å². The maximum absolute atomic E-state index is 13.0. The molecule has 3 N–H and O–H groups in total. The second-order valence-electron chi connectivity index (χ2n) is 8.77. The van der Waals surface area contributed by atoms with Gasteiger partial charge in [0, 0.05) is 42.6 Å². The van der Waals surface area contributed by atoms with Crippen molar-refractivity contribution in [3.05, 3.63) is 59.8 Å². The molecule has 1 aliphatic carbocycles. The first-order chi connectivity index (χ1) is 15.5. The summed E-state index contributed by atoms with van der Waals surface area (Å²) in [6, 6.07) is 17.5. The molecule has 0 unspecified atom stereocenters. The number of hydrogen-bond acceptors (Lipinski definition) is 4. The lowest BCUT2D eigenvalue weighted by Gasteiger charge is -2.43. The molecule has 2 aliphatic rings. The first kappa shape index (κ1) is 20.3. The van der Waals surface area contributed by atoms with Gasteiger partial charge in [0.2, 0.25) is 5.91 Å². The lowest BCUT2D eigenvalue weighted by atomic mass is 9.76. The molecule has 7 heteroatoms. The minimum absolute atomic E-state index is 0.0190. The minimum Gasteiger partial charge on any atom is -0.346 e. The molecule has 0 radical (unpaired) electrons. The molecular formula is C25H25N5O2. The third-order valence-corrected chi connectivity index (χ3v) is 6.73. The average molecular weight is 428 g/mol. The molecule has 2 fully saturated rings. The highest BCUT2D eigenvalue weighted by Gasteiger charge is 2.43. The fraction of sp³-hybridized carbons (Fsp3) is 0.320. The van der Waals surface area contributed by atoms with Gasteiger partial charge in [-0.2, -0.15) is 5.26 Å². The van der Waals surface area contributed by atoms with Crippen molar-refractivity contribution in [2.45, 2.75) is 24.8 Å². The summed E-state index contributed by atoms with van der Waals surface area (Å²) in [5, 5.41) is 10.0. The second kappa shape index (κ2) is 7.81. The molecule has 0 atom stereocenters. The summed E-state index contributed by atoms with van der Waals surface area (Å²) in [5.74, 6) is 0.0102. The van der Waals surface area contributed by atoms with Crippen LogP contribution in [0.25, 0.3) is 22.0 Å². The molecule has 32 heavy (non-hydrogen) atoms. The fourth-order valence-electron chi connectivity index (χ4n) is 4.56. The van der Waals surface area contributed by atoms with Gasteiger partial charge in [-0.05, 0) is 60.7 Å². The Morgan fingerprint density at radius 3 is 2.22 bits per heavy atom. The Morgan fingerprint density at radius 2 is 1.59 bits per heavy atom. The molecule has 0 spiro atoms. The van der Waals surface area contributed by atoms with E-state index in [1.54, 1.807) is 9.80 Å². The monoisotopic (exact) mass is 427 g/mol. The molecule has 3 aromatic rings. The van der Waals surface area contributed by atoms with Gasteiger partial charge in [0.15, 0.2) is 0 Å². The molecule has 162 valence electrons. The van der Waals surface area contributed by atoms with Crippen LogP contribution in [0, 0.1) is 11.3 Å². The van der Waals surface area contributed by atoms with Crippen molar-refractivity contribution in [2.24, 2.45) is 5.73 Å². The van der Waals surface area contributed by atoms with Gasteiger partial charge in [-0.3, -0.25) is 9.59 Å². The van der Waals surface area contributed by atoms with Crippen LogP contribution in [0.1, 0.15) is 35.3 Å². The van der Waals surface area contributed by atoms with Crippen molar-refractivity contribution >= 4 is 22.7 Å². The SMILES string of the molecule is N#Cc1cc2cc(-c3ccc(C(=O)N4CCN(C(=O)C5(N)CCC5)CC4)cc3)ccc2[nH]1. The highest BCUT2D eigenvalue weighted by Crippen LogP contribution is 2.31. The molecule has 2 heterocycles. The summed E-state index contributed by atoms with van der Waals surface area (Å²) in [5.41, 5.74) is 9.63. The number of carbonyl (C=O) groups is 2. The van der Waals surface area contributed by atoms with E-state index >= 15 is 0 Å². The predicted octanol–water partition coefficient (Wildman–Crippen LogP) is 2.87. The van der Waals surface area contributed by atoms with Crippen LogP contribution in [0.5, 0.6) is 0 Å². The van der Waals surface area contributed by atoms with Gasteiger partial charge >= 0.3 is 0 Å². The number of aromatic nitrogens is 1. The van der Waals surface area contributed by atoms with Gasteiger partial charge in [0.1, 0.15) is 11.8 Å². The van der Waals surface area contributed by atoms with Gasteiger partial charge in [-0.1, -0.05) is 18.2 Å². The van der Waals surface area contributed by atoms with Crippen LogP contribution in [0.15, 0.2) is 48.5 Å². The zero-order valence-corrected chi connectivity index (χ0v) is 17.8. The van der Waals surface area contributed by atoms with E-state index in [9.17, 15) is 9.59 Å². The molecule has 7 nitrogen and oxygen atoms in total. The Kier molecular flexibility index (Phi) is 4.95. The van der Waals surface area contributed by atoms with E-state index < -0.39 is 5.54 Å². The lowest BCUT2D eigenvalue weighted by Crippen LogP contribution is -2.62. The van der Waals surface area contributed by atoms with Crippen molar-refractivity contribution in [3.63, 3.8) is 0 Å². The summed E-state index contributed by atoms with van der Waals surface area (Å²) in [7, 11) is 0. The van der Waals surface area contributed by atoms with Crippen LogP contribution >= 0.6 is 0 Å². The highest BCUT2D eigenvalue weighted by molar-refractivity contribution is 5.95. The number of H-pyrrole nitrogens is 1. The van der Waals surface area contributed by atoms with Crippen LogP contribution in [0.2, 0.25) is 0 Å². The van der Waals surface area contributed by atoms with Crippen molar-refractivity contribution in [1.29, 1.82) is 5.26 Å². The largest absolute Gasteiger partial charge is 0.346 e. The normalized spacial score (nSPS) is 17.6. The fourth-order valence-corrected chi connectivity index (χ4v) is 4.56. The van der Waals surface area contributed by atoms with E-state index in [-0.39, 0.29) is 11.8 Å². The second-order valence-corrected chi connectivity index (χ2v) is 8.77. The van der Waals surface area contributed by atoms with Gasteiger partial charge in [0.05, 0.1) is 5.54 Å². The number of nitrogens with two attached hydrogens (primary N) is 1. The number of amides is 2. The summed E-state index contributed by atoms with van der Waals surface area (Å²) < 4.78 is 0. The maximum Gasteiger partial charge on any atom is 0.253 e. The van der Waals surface area contributed by atoms with Crippen LogP contribution in [0.3, 0.4) is 0 Å². The van der Waals surface area contributed by atoms with Crippen molar-refractivity contribution in [2.75, 3.05) is 26.2 Å². The molecule has 1 saturated carbocycles. The predicted molar refractivity (Wildman–Crippen MR) is 122 cm³/mol. The van der Waals surface area contributed by atoms with Crippen molar-refractivity contribution < 1.29 is 9.59 Å². The van der Waals surface area contributed by atoms with Crippen molar-refractivity contribution in [3.8, 4) is 17.2 Å². The maximum atomic E-state index is 13.0. The molecule has 5 rings (SSSR count). The highest BCUT2D eigenvalue weighted by atomic mass is 16.2. The molecule has 2 amide bonds. The van der Waals surface area contributed by atoms with Crippen LogP contribution in [0.4, 0.5) is 0 Å². The summed E-state index contributed by atoms with van der Waals surface area (Å²) in [6.45, 7) is 2.10. The number of rotatable bonds is 3. The lowest BCUT2D eigenvalue weighted by molar-refractivity contribution is -0.141. The first-order valence-corrected chi connectivity index (χ1v) is 11.0. The number of fused-ring (bicyclic) bond motifs is 1. The van der Waals surface area contributed by atoms with Crippen LogP contribution in [-0.2, 0) is 4.79 Å². The van der Waals surface area contributed by atoms with Gasteiger partial charge in [-0.25, -0.2) is 0 Å². The molecule has 1 aromatic heterocycles. The van der Waals surface area contributed by atoms with E-state index in [0.29, 0.717) is 37.4 Å². The van der Waals surface area contributed by atoms with Gasteiger partial charge in [0.25, 0.3) is 5.91 Å². The molecule has 2 aromatic carbocycles. The zero-order chi connectivity index (χ0) is 22.3. The summed E-state index contributed by atoms with van der Waals surface area (Å²) >= 11 is 0. The Bertz CT molecular complexity index is 1230. The van der Waals surface area contributed by atoms with E-state index in [4.69, 9.17) is 11.0 Å². The minimum atomic E-state index is -0.679.